The highest BCUT2D eigenvalue weighted by atomic mass is 16.7. The van der Waals surface area contributed by atoms with Crippen LogP contribution in [0.3, 0.4) is 0 Å². The van der Waals surface area contributed by atoms with Crippen LogP contribution in [0.2, 0.25) is 0 Å². The Labute approximate surface area is 144 Å². The van der Waals surface area contributed by atoms with E-state index in [0.29, 0.717) is 17.1 Å². The monoisotopic (exact) mass is 355 g/mol. The number of aliphatic hydroxyl groups is 2. The molecule has 2 N–H and O–H groups in total. The van der Waals surface area contributed by atoms with Crippen molar-refractivity contribution in [2.24, 2.45) is 0 Å². The van der Waals surface area contributed by atoms with Crippen LogP contribution in [-0.4, -0.2) is 59.2 Å². The number of nitrogens with zero attached hydrogens (tertiary/aromatic N) is 1. The second-order valence-electron chi connectivity index (χ2n) is 6.55. The summed E-state index contributed by atoms with van der Waals surface area (Å²) in [5.74, 6) is -0.796. The smallest absolute Gasteiger partial charge is 0.231 e. The van der Waals surface area contributed by atoms with Gasteiger partial charge < -0.3 is 29.2 Å². The second kappa shape index (κ2) is 6.75. The molecule has 0 bridgehead atoms. The topological polar surface area (TPSA) is 121 Å². The van der Waals surface area contributed by atoms with E-state index in [4.69, 9.17) is 18.9 Å². The van der Waals surface area contributed by atoms with E-state index < -0.39 is 48.1 Å². The van der Waals surface area contributed by atoms with Gasteiger partial charge in [0.15, 0.2) is 17.3 Å². The Morgan fingerprint density at radius 3 is 2.72 bits per heavy atom. The first-order valence-corrected chi connectivity index (χ1v) is 7.96. The van der Waals surface area contributed by atoms with Gasteiger partial charge >= 0.3 is 0 Å². The van der Waals surface area contributed by atoms with Crippen LogP contribution in [0, 0.1) is 10.1 Å². The van der Waals surface area contributed by atoms with Crippen LogP contribution in [0.25, 0.3) is 0 Å². The lowest BCUT2D eigenvalue weighted by Crippen LogP contribution is -2.57. The first-order valence-electron chi connectivity index (χ1n) is 7.96. The van der Waals surface area contributed by atoms with Crippen molar-refractivity contribution in [3.63, 3.8) is 0 Å². The SMILES string of the molecule is CC1(C)O[C@H]([C@@H](C[N+](=O)[O-])c2ccc3c(c2)OCO3)[C@@H](O)[C@H](CO)O1. The first-order chi connectivity index (χ1) is 11.8. The van der Waals surface area contributed by atoms with Gasteiger partial charge in [0.2, 0.25) is 13.3 Å². The molecule has 9 nitrogen and oxygen atoms in total. The van der Waals surface area contributed by atoms with Gasteiger partial charge in [-0.1, -0.05) is 6.07 Å². The number of ether oxygens (including phenoxy) is 4. The summed E-state index contributed by atoms with van der Waals surface area (Å²) in [6, 6.07) is 5.02. The third-order valence-corrected chi connectivity index (χ3v) is 4.32. The van der Waals surface area contributed by atoms with Crippen LogP contribution in [0.5, 0.6) is 11.5 Å². The maximum atomic E-state index is 11.2. The molecular weight excluding hydrogens is 334 g/mol. The fraction of sp³-hybridized carbons (Fsp3) is 0.625. The maximum absolute atomic E-state index is 11.2. The van der Waals surface area contributed by atoms with Crippen molar-refractivity contribution in [2.45, 2.75) is 43.9 Å². The highest BCUT2D eigenvalue weighted by Crippen LogP contribution is 2.39. The van der Waals surface area contributed by atoms with Crippen LogP contribution >= 0.6 is 0 Å². The van der Waals surface area contributed by atoms with Gasteiger partial charge in [0, 0.05) is 4.92 Å². The molecule has 0 unspecified atom stereocenters. The summed E-state index contributed by atoms with van der Waals surface area (Å²) in [6.07, 6.45) is -3.03. The van der Waals surface area contributed by atoms with Gasteiger partial charge in [-0.25, -0.2) is 0 Å². The Morgan fingerprint density at radius 1 is 1.32 bits per heavy atom. The highest BCUT2D eigenvalue weighted by molar-refractivity contribution is 5.45. The zero-order chi connectivity index (χ0) is 18.2. The van der Waals surface area contributed by atoms with Crippen LogP contribution in [-0.2, 0) is 9.47 Å². The van der Waals surface area contributed by atoms with E-state index in [2.05, 4.69) is 0 Å². The van der Waals surface area contributed by atoms with Crippen LogP contribution in [0.1, 0.15) is 25.3 Å². The van der Waals surface area contributed by atoms with Crippen molar-refractivity contribution >= 4 is 0 Å². The number of rotatable bonds is 5. The van der Waals surface area contributed by atoms with Crippen molar-refractivity contribution in [1.82, 2.24) is 0 Å². The number of fused-ring (bicyclic) bond motifs is 1. The van der Waals surface area contributed by atoms with E-state index in [1.165, 1.54) is 0 Å². The zero-order valence-corrected chi connectivity index (χ0v) is 14.0. The molecular formula is C16H21NO8. The fourth-order valence-corrected chi connectivity index (χ4v) is 3.24. The van der Waals surface area contributed by atoms with Gasteiger partial charge in [-0.2, -0.15) is 0 Å². The Morgan fingerprint density at radius 2 is 2.04 bits per heavy atom. The molecule has 2 heterocycles. The molecule has 3 rings (SSSR count). The maximum Gasteiger partial charge on any atom is 0.231 e. The molecule has 1 aromatic carbocycles. The van der Waals surface area contributed by atoms with Crippen molar-refractivity contribution in [2.75, 3.05) is 19.9 Å². The summed E-state index contributed by atoms with van der Waals surface area (Å²) < 4.78 is 21.9. The van der Waals surface area contributed by atoms with Gasteiger partial charge in [-0.15, -0.1) is 0 Å². The second-order valence-corrected chi connectivity index (χ2v) is 6.55. The number of aliphatic hydroxyl groups excluding tert-OH is 2. The summed E-state index contributed by atoms with van der Waals surface area (Å²) in [7, 11) is 0. The van der Waals surface area contributed by atoms with Crippen LogP contribution < -0.4 is 9.47 Å². The minimum Gasteiger partial charge on any atom is -0.454 e. The molecule has 1 aromatic rings. The summed E-state index contributed by atoms with van der Waals surface area (Å²) in [5.41, 5.74) is 0.583. The largest absolute Gasteiger partial charge is 0.454 e. The zero-order valence-electron chi connectivity index (χ0n) is 14.0. The number of hydrogen-bond donors (Lipinski definition) is 2. The summed E-state index contributed by atoms with van der Waals surface area (Å²) in [4.78, 5) is 10.8. The minimum atomic E-state index is -1.21. The van der Waals surface area contributed by atoms with Crippen LogP contribution in [0.4, 0.5) is 0 Å². The number of hydrogen-bond acceptors (Lipinski definition) is 8. The van der Waals surface area contributed by atoms with Gasteiger partial charge in [0.1, 0.15) is 18.3 Å². The minimum absolute atomic E-state index is 0.0920. The standard InChI is InChI=1S/C16H21NO8/c1-16(2)24-13(7-18)14(19)15(25-16)10(6-17(20)21)9-3-4-11-12(5-9)23-8-22-11/h3-5,10,13-15,18-19H,6-8H2,1-2H3/t10-,13-,14-,15+/m0/s1. The fourth-order valence-electron chi connectivity index (χ4n) is 3.24. The summed E-state index contributed by atoms with van der Waals surface area (Å²) >= 11 is 0. The molecule has 0 saturated carbocycles. The molecule has 0 amide bonds. The molecule has 1 saturated heterocycles. The Balaban J connectivity index is 1.95. The number of benzene rings is 1. The molecule has 2 aliphatic heterocycles. The van der Waals surface area contributed by atoms with Crippen molar-refractivity contribution in [3.8, 4) is 11.5 Å². The molecule has 9 heteroatoms. The predicted molar refractivity (Wildman–Crippen MR) is 84.1 cm³/mol. The lowest BCUT2D eigenvalue weighted by molar-refractivity contribution is -0.489. The molecule has 2 aliphatic rings. The molecule has 25 heavy (non-hydrogen) atoms. The molecule has 138 valence electrons. The Bertz CT molecular complexity index is 649. The Hall–Kier alpha value is -1.94. The lowest BCUT2D eigenvalue weighted by Gasteiger charge is -2.45. The third-order valence-electron chi connectivity index (χ3n) is 4.32. The molecule has 0 aromatic heterocycles. The summed E-state index contributed by atoms with van der Waals surface area (Å²) in [5, 5.41) is 31.2. The molecule has 0 radical (unpaired) electrons. The quantitative estimate of drug-likeness (QED) is 0.583. The molecule has 4 atom stereocenters. The first kappa shape index (κ1) is 17.9. The molecule has 0 aliphatic carbocycles. The van der Waals surface area contributed by atoms with E-state index >= 15 is 0 Å². The average molecular weight is 355 g/mol. The van der Waals surface area contributed by atoms with Crippen molar-refractivity contribution in [3.05, 3.63) is 33.9 Å². The van der Waals surface area contributed by atoms with Crippen LogP contribution in [0.15, 0.2) is 18.2 Å². The van der Waals surface area contributed by atoms with E-state index in [1.807, 2.05) is 0 Å². The van der Waals surface area contributed by atoms with Gasteiger partial charge in [-0.3, -0.25) is 10.1 Å². The van der Waals surface area contributed by atoms with E-state index in [9.17, 15) is 20.3 Å². The Kier molecular flexibility index (Phi) is 4.83. The van der Waals surface area contributed by atoms with Gasteiger partial charge in [-0.05, 0) is 31.5 Å². The van der Waals surface area contributed by atoms with E-state index in [-0.39, 0.29) is 6.79 Å². The normalized spacial score (nSPS) is 28.6. The van der Waals surface area contributed by atoms with Gasteiger partial charge in [0.05, 0.1) is 12.5 Å². The average Bonchev–Trinajstić information content (AvgIpc) is 3.02. The van der Waals surface area contributed by atoms with Crippen molar-refractivity contribution < 1.29 is 34.1 Å². The van der Waals surface area contributed by atoms with E-state index in [0.717, 1.165) is 0 Å². The number of nitro groups is 1. The predicted octanol–water partition coefficient (Wildman–Crippen LogP) is 0.649. The highest BCUT2D eigenvalue weighted by Gasteiger charge is 2.47. The molecule has 1 fully saturated rings. The van der Waals surface area contributed by atoms with Crippen molar-refractivity contribution in [1.29, 1.82) is 0 Å². The lowest BCUT2D eigenvalue weighted by atomic mass is 9.87. The third kappa shape index (κ3) is 3.69. The van der Waals surface area contributed by atoms with Gasteiger partial charge in [0.25, 0.3) is 0 Å². The summed E-state index contributed by atoms with van der Waals surface area (Å²) in [6.45, 7) is 2.50. The van der Waals surface area contributed by atoms with E-state index in [1.54, 1.807) is 32.0 Å². The molecule has 0 spiro atoms.